The molecule has 18 heteroatoms. The number of esters is 2. The summed E-state index contributed by atoms with van der Waals surface area (Å²) in [7, 11) is 0. The van der Waals surface area contributed by atoms with E-state index in [1.807, 2.05) is 0 Å². The van der Waals surface area contributed by atoms with E-state index in [4.69, 9.17) is 18.9 Å². The normalized spacial score (nSPS) is 10.5. The number of carbonyl (C=O) groups excluding carboxylic acids is 5. The molecule has 0 spiro atoms. The maximum atomic E-state index is 13.4. The van der Waals surface area contributed by atoms with E-state index in [0.717, 1.165) is 45.1 Å². The quantitative estimate of drug-likeness (QED) is 0.0462. The molecule has 1 aromatic rings. The van der Waals surface area contributed by atoms with E-state index in [1.54, 1.807) is 0 Å². The van der Waals surface area contributed by atoms with Crippen LogP contribution in [-0.4, -0.2) is 89.8 Å². The molecule has 0 saturated carbocycles. The summed E-state index contributed by atoms with van der Waals surface area (Å²) in [6.45, 7) is 9.34. The second kappa shape index (κ2) is 28.4. The summed E-state index contributed by atoms with van der Waals surface area (Å²) in [6, 6.07) is 0. The van der Waals surface area contributed by atoms with E-state index >= 15 is 0 Å². The first-order valence-corrected chi connectivity index (χ1v) is 18.1. The van der Waals surface area contributed by atoms with Gasteiger partial charge in [0.25, 0.3) is 0 Å². The van der Waals surface area contributed by atoms with Gasteiger partial charge >= 0.3 is 41.2 Å². The lowest BCUT2D eigenvalue weighted by atomic mass is 10.2. The Morgan fingerprint density at radius 1 is 0.491 bits per heavy atom. The highest BCUT2D eigenvalue weighted by atomic mass is 16.6. The Morgan fingerprint density at radius 2 is 0.792 bits per heavy atom. The third-order valence-corrected chi connectivity index (χ3v) is 7.68. The Hall–Kier alpha value is -5.16. The van der Waals surface area contributed by atoms with Crippen LogP contribution in [0.3, 0.4) is 0 Å². The van der Waals surface area contributed by atoms with Gasteiger partial charge in [-0.1, -0.05) is 51.7 Å². The summed E-state index contributed by atoms with van der Waals surface area (Å²) in [4.78, 5) is 96.6. The largest absolute Gasteiger partial charge is 0.459 e. The molecule has 0 aliphatic carbocycles. The number of aromatic nitrogens is 3. The van der Waals surface area contributed by atoms with Gasteiger partial charge in [-0.2, -0.15) is 0 Å². The van der Waals surface area contributed by atoms with Crippen molar-refractivity contribution in [3.05, 3.63) is 56.8 Å². The summed E-state index contributed by atoms with van der Waals surface area (Å²) in [5, 5.41) is 7.94. The zero-order valence-electron chi connectivity index (χ0n) is 30.9. The topological polar surface area (TPSA) is 224 Å². The van der Waals surface area contributed by atoms with Crippen LogP contribution in [0, 0.1) is 0 Å². The molecular weight excluding hydrogens is 696 g/mol. The second-order valence-electron chi connectivity index (χ2n) is 11.9. The first-order valence-electron chi connectivity index (χ1n) is 18.1. The number of hydrogen-bond acceptors (Lipinski definition) is 12. The number of alkyl carbamates (subject to hydrolysis) is 2. The van der Waals surface area contributed by atoms with Crippen molar-refractivity contribution in [2.45, 2.75) is 104 Å². The van der Waals surface area contributed by atoms with Crippen molar-refractivity contribution in [3.8, 4) is 0 Å². The number of hydrogen-bond donors (Lipinski definition) is 3. The third kappa shape index (κ3) is 21.1. The molecule has 0 atom stereocenters. The van der Waals surface area contributed by atoms with Crippen LogP contribution in [0.1, 0.15) is 84.0 Å². The minimum Gasteiger partial charge on any atom is -0.459 e. The van der Waals surface area contributed by atoms with E-state index in [1.165, 1.54) is 6.92 Å². The predicted molar refractivity (Wildman–Crippen MR) is 194 cm³/mol. The Bertz CT molecular complexity index is 1410. The maximum Gasteiger partial charge on any atom is 0.407 e. The smallest absolute Gasteiger partial charge is 0.407 e. The zero-order chi connectivity index (χ0) is 39.3. The van der Waals surface area contributed by atoms with Crippen LogP contribution < -0.4 is 33.0 Å². The van der Waals surface area contributed by atoms with Crippen LogP contribution in [0.25, 0.3) is 0 Å². The fraction of sp³-hybridized carbons (Fsp3) is 0.657. The maximum absolute atomic E-state index is 13.4. The Balaban J connectivity index is 2.65. The molecule has 0 radical (unpaired) electrons. The monoisotopic (exact) mass is 752 g/mol. The van der Waals surface area contributed by atoms with Crippen LogP contribution in [0.5, 0.6) is 0 Å². The minimum atomic E-state index is -0.655. The highest BCUT2D eigenvalue weighted by molar-refractivity contribution is 5.81. The van der Waals surface area contributed by atoms with E-state index in [-0.39, 0.29) is 52.0 Å². The number of nitrogens with one attached hydrogen (secondary N) is 3. The van der Waals surface area contributed by atoms with Gasteiger partial charge < -0.3 is 34.9 Å². The lowest BCUT2D eigenvalue weighted by Gasteiger charge is -2.14. The number of unbranched alkanes of at least 4 members (excludes halogenated alkanes) is 9. The van der Waals surface area contributed by atoms with Crippen LogP contribution >= 0.6 is 0 Å². The molecule has 1 aromatic heterocycles. The van der Waals surface area contributed by atoms with Crippen LogP contribution in [0.4, 0.5) is 9.59 Å². The summed E-state index contributed by atoms with van der Waals surface area (Å²) in [5.74, 6) is -1.31. The third-order valence-electron chi connectivity index (χ3n) is 7.68. The summed E-state index contributed by atoms with van der Waals surface area (Å²) in [5.41, 5.74) is -1.94. The summed E-state index contributed by atoms with van der Waals surface area (Å²) >= 11 is 0. The number of amides is 3. The van der Waals surface area contributed by atoms with Crippen molar-refractivity contribution in [2.24, 2.45) is 0 Å². The van der Waals surface area contributed by atoms with E-state index in [2.05, 4.69) is 29.1 Å². The van der Waals surface area contributed by atoms with E-state index < -0.39 is 41.2 Å². The van der Waals surface area contributed by atoms with Crippen molar-refractivity contribution >= 4 is 30.0 Å². The average Bonchev–Trinajstić information content (AvgIpc) is 3.13. The first kappa shape index (κ1) is 45.9. The lowest BCUT2D eigenvalue weighted by molar-refractivity contribution is -0.139. The molecule has 0 bridgehead atoms. The Kier molecular flexibility index (Phi) is 24.6. The van der Waals surface area contributed by atoms with Gasteiger partial charge in [-0.15, -0.1) is 0 Å². The molecule has 0 aromatic carbocycles. The van der Waals surface area contributed by atoms with Crippen LogP contribution in [0.15, 0.2) is 39.7 Å². The molecule has 0 aliphatic heterocycles. The van der Waals surface area contributed by atoms with Gasteiger partial charge in [0.05, 0.1) is 0 Å². The van der Waals surface area contributed by atoms with Crippen molar-refractivity contribution in [3.63, 3.8) is 0 Å². The van der Waals surface area contributed by atoms with Crippen molar-refractivity contribution in [1.29, 1.82) is 0 Å². The molecule has 298 valence electrons. The van der Waals surface area contributed by atoms with Crippen LogP contribution in [0.2, 0.25) is 0 Å². The molecule has 0 unspecified atom stereocenters. The van der Waals surface area contributed by atoms with Gasteiger partial charge in [0, 0.05) is 58.3 Å². The van der Waals surface area contributed by atoms with Crippen molar-refractivity contribution in [1.82, 2.24) is 29.7 Å². The average molecular weight is 753 g/mol. The number of rotatable bonds is 29. The summed E-state index contributed by atoms with van der Waals surface area (Å²) < 4.78 is 22.6. The van der Waals surface area contributed by atoms with Crippen LogP contribution in [-0.2, 0) is 53.0 Å². The fourth-order valence-electron chi connectivity index (χ4n) is 4.92. The Morgan fingerprint density at radius 3 is 1.11 bits per heavy atom. The molecule has 1 rings (SSSR count). The minimum absolute atomic E-state index is 0.0784. The van der Waals surface area contributed by atoms with E-state index in [0.29, 0.717) is 77.4 Å². The molecule has 3 N–H and O–H groups in total. The Labute approximate surface area is 308 Å². The summed E-state index contributed by atoms with van der Waals surface area (Å²) in [6.07, 6.45) is 8.62. The molecule has 0 aliphatic rings. The zero-order valence-corrected chi connectivity index (χ0v) is 30.9. The van der Waals surface area contributed by atoms with Crippen molar-refractivity contribution in [2.75, 3.05) is 46.1 Å². The SMILES string of the molecule is C=CC(=O)OCCOC(=O)NCCCCCCn1c(=O)n(CCCCCCNC(C)=O)c(=O)n(CCCCCCNC(=O)OCCOC(=O)C=C)c1=O. The molecule has 0 saturated heterocycles. The molecule has 3 amide bonds. The molecular formula is C35H56N6O12. The highest BCUT2D eigenvalue weighted by Gasteiger charge is 2.15. The molecule has 1 heterocycles. The highest BCUT2D eigenvalue weighted by Crippen LogP contribution is 2.03. The predicted octanol–water partition coefficient (Wildman–Crippen LogP) is 1.90. The molecule has 53 heavy (non-hydrogen) atoms. The van der Waals surface area contributed by atoms with Gasteiger partial charge in [-0.05, 0) is 38.5 Å². The number of ether oxygens (including phenoxy) is 4. The van der Waals surface area contributed by atoms with Gasteiger partial charge in [-0.3, -0.25) is 4.79 Å². The van der Waals surface area contributed by atoms with Crippen molar-refractivity contribution < 1.29 is 42.9 Å². The first-order chi connectivity index (χ1) is 25.5. The standard InChI is InChI=1S/C35H56N6O12/c1-4-29(43)50-24-26-52-31(45)37-19-13-7-10-16-22-40-33(47)39(21-15-9-6-12-18-36-28(3)42)34(48)41(35(40)49)23-17-11-8-14-20-38-32(46)53-27-25-51-30(44)5-2/h4-5H,1-2,6-27H2,3H3,(H,36,42)(H,37,45)(H,38,46). The lowest BCUT2D eigenvalue weighted by Crippen LogP contribution is -2.54. The fourth-order valence-corrected chi connectivity index (χ4v) is 4.92. The molecule has 0 fully saturated rings. The van der Waals surface area contributed by atoms with Gasteiger partial charge in [0.2, 0.25) is 5.91 Å². The van der Waals surface area contributed by atoms with Gasteiger partial charge in [-0.25, -0.2) is 47.3 Å². The van der Waals surface area contributed by atoms with Gasteiger partial charge in [0.15, 0.2) is 0 Å². The second-order valence-corrected chi connectivity index (χ2v) is 11.9. The number of nitrogens with zero attached hydrogens (tertiary/aromatic N) is 3. The number of carbonyl (C=O) groups is 5. The van der Waals surface area contributed by atoms with E-state index in [9.17, 15) is 38.4 Å². The van der Waals surface area contributed by atoms with Gasteiger partial charge in [0.1, 0.15) is 26.4 Å². The molecule has 18 nitrogen and oxygen atoms in total.